The standard InChI is InChI=1S/C21H27N3O2S/c1-15-10-16(2)12-17(11-15)21(26)23-14-20(25)22-13-18(19-6-5-9-27-19)24-7-3-4-8-24/h5-6,9-12,18H,3-4,7-8,13-14H2,1-2H3,(H,22,25)(H,23,26). The van der Waals surface area contributed by atoms with E-state index in [1.54, 1.807) is 11.3 Å². The topological polar surface area (TPSA) is 61.4 Å². The van der Waals surface area contributed by atoms with Crippen LogP contribution < -0.4 is 10.6 Å². The molecule has 0 saturated carbocycles. The number of hydrogen-bond donors (Lipinski definition) is 2. The van der Waals surface area contributed by atoms with Gasteiger partial charge in [0, 0.05) is 17.0 Å². The monoisotopic (exact) mass is 385 g/mol. The molecule has 1 aliphatic rings. The summed E-state index contributed by atoms with van der Waals surface area (Å²) in [5.74, 6) is -0.375. The van der Waals surface area contributed by atoms with E-state index < -0.39 is 0 Å². The van der Waals surface area contributed by atoms with E-state index in [1.807, 2.05) is 32.0 Å². The number of nitrogens with zero attached hydrogens (tertiary/aromatic N) is 1. The van der Waals surface area contributed by atoms with Crippen molar-refractivity contribution in [1.29, 1.82) is 0 Å². The Morgan fingerprint density at radius 2 is 1.81 bits per heavy atom. The number of thiophene rings is 1. The number of carbonyl (C=O) groups is 2. The normalized spacial score (nSPS) is 15.5. The summed E-state index contributed by atoms with van der Waals surface area (Å²) < 4.78 is 0. The highest BCUT2D eigenvalue weighted by Gasteiger charge is 2.24. The zero-order valence-corrected chi connectivity index (χ0v) is 16.8. The van der Waals surface area contributed by atoms with Crippen molar-refractivity contribution in [3.05, 3.63) is 57.3 Å². The largest absolute Gasteiger partial charge is 0.353 e. The lowest BCUT2D eigenvalue weighted by atomic mass is 10.1. The van der Waals surface area contributed by atoms with Gasteiger partial charge in [-0.25, -0.2) is 0 Å². The summed E-state index contributed by atoms with van der Waals surface area (Å²) in [6.45, 7) is 6.62. The van der Waals surface area contributed by atoms with E-state index in [0.717, 1.165) is 24.2 Å². The minimum Gasteiger partial charge on any atom is -0.353 e. The van der Waals surface area contributed by atoms with Gasteiger partial charge < -0.3 is 10.6 Å². The Morgan fingerprint density at radius 1 is 1.11 bits per heavy atom. The van der Waals surface area contributed by atoms with Crippen LogP contribution in [0.1, 0.15) is 45.2 Å². The molecule has 1 fully saturated rings. The van der Waals surface area contributed by atoms with Crippen LogP contribution in [0.3, 0.4) is 0 Å². The third kappa shape index (κ3) is 5.40. The number of likely N-dealkylation sites (tertiary alicyclic amines) is 1. The number of amides is 2. The fraction of sp³-hybridized carbons (Fsp3) is 0.429. The lowest BCUT2D eigenvalue weighted by molar-refractivity contribution is -0.120. The zero-order valence-electron chi connectivity index (χ0n) is 16.0. The lowest BCUT2D eigenvalue weighted by Gasteiger charge is -2.26. The molecule has 0 bridgehead atoms. The summed E-state index contributed by atoms with van der Waals surface area (Å²) in [5.41, 5.74) is 2.66. The molecule has 0 aliphatic carbocycles. The molecule has 144 valence electrons. The van der Waals surface area contributed by atoms with Crippen LogP contribution >= 0.6 is 11.3 Å². The molecule has 5 nitrogen and oxygen atoms in total. The van der Waals surface area contributed by atoms with Gasteiger partial charge in [-0.15, -0.1) is 11.3 Å². The first-order chi connectivity index (χ1) is 13.0. The van der Waals surface area contributed by atoms with E-state index >= 15 is 0 Å². The van der Waals surface area contributed by atoms with Crippen LogP contribution in [0.4, 0.5) is 0 Å². The van der Waals surface area contributed by atoms with Gasteiger partial charge in [-0.3, -0.25) is 14.5 Å². The summed E-state index contributed by atoms with van der Waals surface area (Å²) in [6, 6.07) is 10.1. The molecule has 6 heteroatoms. The molecule has 2 N–H and O–H groups in total. The van der Waals surface area contributed by atoms with Crippen molar-refractivity contribution in [3.8, 4) is 0 Å². The van der Waals surface area contributed by atoms with Crippen LogP contribution in [0.15, 0.2) is 35.7 Å². The summed E-state index contributed by atoms with van der Waals surface area (Å²) in [6.07, 6.45) is 2.42. The molecule has 27 heavy (non-hydrogen) atoms. The summed E-state index contributed by atoms with van der Waals surface area (Å²) >= 11 is 1.73. The summed E-state index contributed by atoms with van der Waals surface area (Å²) in [7, 11) is 0. The van der Waals surface area contributed by atoms with Crippen molar-refractivity contribution in [3.63, 3.8) is 0 Å². The number of aryl methyl sites for hydroxylation is 2. The van der Waals surface area contributed by atoms with Gasteiger partial charge in [0.2, 0.25) is 5.91 Å². The van der Waals surface area contributed by atoms with E-state index in [4.69, 9.17) is 0 Å². The number of nitrogens with one attached hydrogen (secondary N) is 2. The van der Waals surface area contributed by atoms with E-state index in [1.165, 1.54) is 17.7 Å². The van der Waals surface area contributed by atoms with Gasteiger partial charge in [0.1, 0.15) is 0 Å². The van der Waals surface area contributed by atoms with Crippen LogP contribution in [-0.4, -0.2) is 42.9 Å². The van der Waals surface area contributed by atoms with Crippen LogP contribution in [0.5, 0.6) is 0 Å². The summed E-state index contributed by atoms with van der Waals surface area (Å²) in [5, 5.41) is 7.78. The maximum Gasteiger partial charge on any atom is 0.251 e. The van der Waals surface area contributed by atoms with Crippen molar-refractivity contribution >= 4 is 23.2 Å². The molecule has 1 aromatic carbocycles. The van der Waals surface area contributed by atoms with Gasteiger partial charge in [0.15, 0.2) is 0 Å². The SMILES string of the molecule is Cc1cc(C)cc(C(=O)NCC(=O)NCC(c2cccs2)N2CCCC2)c1. The third-order valence-corrected chi connectivity index (χ3v) is 5.81. The molecule has 1 unspecified atom stereocenters. The molecule has 0 spiro atoms. The first-order valence-corrected chi connectivity index (χ1v) is 10.3. The highest BCUT2D eigenvalue weighted by molar-refractivity contribution is 7.10. The van der Waals surface area contributed by atoms with Crippen LogP contribution in [0.2, 0.25) is 0 Å². The molecule has 1 saturated heterocycles. The summed E-state index contributed by atoms with van der Waals surface area (Å²) in [4.78, 5) is 28.3. The van der Waals surface area contributed by atoms with Gasteiger partial charge in [0.25, 0.3) is 5.91 Å². The maximum absolute atomic E-state index is 12.3. The first-order valence-electron chi connectivity index (χ1n) is 9.43. The third-order valence-electron chi connectivity index (χ3n) is 4.84. The smallest absolute Gasteiger partial charge is 0.251 e. The van der Waals surface area contributed by atoms with Crippen molar-refractivity contribution < 1.29 is 9.59 Å². The Labute approximate surface area is 164 Å². The number of benzene rings is 1. The van der Waals surface area contributed by atoms with Crippen LogP contribution in [-0.2, 0) is 4.79 Å². The predicted molar refractivity (Wildman–Crippen MR) is 109 cm³/mol. The Hall–Kier alpha value is -2.18. The maximum atomic E-state index is 12.3. The molecule has 1 aliphatic heterocycles. The minimum atomic E-state index is -0.216. The lowest BCUT2D eigenvalue weighted by Crippen LogP contribution is -2.41. The second kappa shape index (κ2) is 9.15. The van der Waals surface area contributed by atoms with Gasteiger partial charge >= 0.3 is 0 Å². The molecule has 1 atom stereocenters. The second-order valence-corrected chi connectivity index (χ2v) is 8.12. The van der Waals surface area contributed by atoms with Crippen molar-refractivity contribution in [2.24, 2.45) is 0 Å². The predicted octanol–water partition coefficient (Wildman–Crippen LogP) is 3.05. The molecule has 2 amide bonds. The van der Waals surface area contributed by atoms with E-state index in [2.05, 4.69) is 33.0 Å². The quantitative estimate of drug-likeness (QED) is 0.770. The Bertz CT molecular complexity index is 762. The van der Waals surface area contributed by atoms with Gasteiger partial charge in [0.05, 0.1) is 12.6 Å². The molecule has 1 aromatic heterocycles. The molecular formula is C21H27N3O2S. The molecular weight excluding hydrogens is 358 g/mol. The van der Waals surface area contributed by atoms with Crippen LogP contribution in [0.25, 0.3) is 0 Å². The fourth-order valence-corrected chi connectivity index (χ4v) is 4.45. The molecule has 0 radical (unpaired) electrons. The minimum absolute atomic E-state index is 0.0109. The molecule has 2 heterocycles. The van der Waals surface area contributed by atoms with Crippen molar-refractivity contribution in [1.82, 2.24) is 15.5 Å². The molecule has 3 rings (SSSR count). The Balaban J connectivity index is 1.51. The van der Waals surface area contributed by atoms with E-state index in [-0.39, 0.29) is 24.4 Å². The van der Waals surface area contributed by atoms with Crippen molar-refractivity contribution in [2.45, 2.75) is 32.7 Å². The number of rotatable bonds is 7. The number of hydrogen-bond acceptors (Lipinski definition) is 4. The first kappa shape index (κ1) is 19.6. The highest BCUT2D eigenvalue weighted by Crippen LogP contribution is 2.27. The van der Waals surface area contributed by atoms with Gasteiger partial charge in [-0.2, -0.15) is 0 Å². The highest BCUT2D eigenvalue weighted by atomic mass is 32.1. The number of carbonyl (C=O) groups excluding carboxylic acids is 2. The average Bonchev–Trinajstić information content (AvgIpc) is 3.33. The van der Waals surface area contributed by atoms with E-state index in [9.17, 15) is 9.59 Å². The van der Waals surface area contributed by atoms with Crippen molar-refractivity contribution in [2.75, 3.05) is 26.2 Å². The fourth-order valence-electron chi connectivity index (χ4n) is 3.59. The van der Waals surface area contributed by atoms with E-state index in [0.29, 0.717) is 12.1 Å². The molecule has 2 aromatic rings. The Morgan fingerprint density at radius 3 is 2.44 bits per heavy atom. The zero-order chi connectivity index (χ0) is 19.2. The van der Waals surface area contributed by atoms with Gasteiger partial charge in [-0.1, -0.05) is 23.3 Å². The van der Waals surface area contributed by atoms with Crippen LogP contribution in [0, 0.1) is 13.8 Å². The second-order valence-electron chi connectivity index (χ2n) is 7.14. The van der Waals surface area contributed by atoms with Gasteiger partial charge in [-0.05, 0) is 63.4 Å². The Kier molecular flexibility index (Phi) is 6.63. The average molecular weight is 386 g/mol.